The van der Waals surface area contributed by atoms with Gasteiger partial charge in [0.1, 0.15) is 0 Å². The Hall–Kier alpha value is -2.76. The van der Waals surface area contributed by atoms with Gasteiger partial charge in [0.2, 0.25) is 5.95 Å². The Morgan fingerprint density at radius 3 is 2.64 bits per heavy atom. The first-order chi connectivity index (χ1) is 12.2. The second-order valence-corrected chi connectivity index (χ2v) is 6.02. The number of aromatic nitrogens is 5. The number of hydrogen-bond donors (Lipinski definition) is 1. The lowest BCUT2D eigenvalue weighted by Crippen LogP contribution is -2.12. The molecular weight excluding hydrogens is 312 g/mol. The van der Waals surface area contributed by atoms with Gasteiger partial charge >= 0.3 is 0 Å². The van der Waals surface area contributed by atoms with E-state index in [1.54, 1.807) is 6.20 Å². The van der Waals surface area contributed by atoms with Crippen LogP contribution in [0.1, 0.15) is 44.0 Å². The minimum absolute atomic E-state index is 0.155. The molecule has 130 valence electrons. The molecule has 0 aliphatic carbocycles. The van der Waals surface area contributed by atoms with E-state index >= 15 is 0 Å². The smallest absolute Gasteiger partial charge is 0.223 e. The number of anilines is 1. The molecule has 6 heteroatoms. The summed E-state index contributed by atoms with van der Waals surface area (Å²) in [6, 6.07) is 6.12. The second kappa shape index (κ2) is 7.88. The third-order valence-corrected chi connectivity index (χ3v) is 4.29. The molecule has 25 heavy (non-hydrogen) atoms. The maximum Gasteiger partial charge on any atom is 0.223 e. The lowest BCUT2D eigenvalue weighted by molar-refractivity contribution is 0.587. The minimum Gasteiger partial charge on any atom is -0.347 e. The van der Waals surface area contributed by atoms with Crippen LogP contribution in [0.25, 0.3) is 11.3 Å². The fourth-order valence-corrected chi connectivity index (χ4v) is 2.89. The van der Waals surface area contributed by atoms with Crippen LogP contribution in [-0.4, -0.2) is 24.7 Å². The van der Waals surface area contributed by atoms with Crippen molar-refractivity contribution >= 4 is 5.95 Å². The zero-order chi connectivity index (χ0) is 17.6. The highest BCUT2D eigenvalue weighted by molar-refractivity contribution is 5.61. The van der Waals surface area contributed by atoms with Gasteiger partial charge in [-0.05, 0) is 43.5 Å². The van der Waals surface area contributed by atoms with E-state index in [2.05, 4.69) is 41.2 Å². The number of hydrogen-bond acceptors (Lipinski definition) is 5. The SMILES string of the molecule is CCCn1ncc(-c2ccnc(N[C@H](CC)c3ccncc3)n2)c1C. The van der Waals surface area contributed by atoms with Crippen molar-refractivity contribution < 1.29 is 0 Å². The summed E-state index contributed by atoms with van der Waals surface area (Å²) >= 11 is 0. The van der Waals surface area contributed by atoms with Gasteiger partial charge in [-0.1, -0.05) is 13.8 Å². The topological polar surface area (TPSA) is 68.5 Å². The maximum absolute atomic E-state index is 4.70. The van der Waals surface area contributed by atoms with Crippen LogP contribution in [0.15, 0.2) is 43.0 Å². The van der Waals surface area contributed by atoms with Crippen molar-refractivity contribution in [3.05, 3.63) is 54.2 Å². The van der Waals surface area contributed by atoms with Crippen molar-refractivity contribution in [2.75, 3.05) is 5.32 Å². The highest BCUT2D eigenvalue weighted by atomic mass is 15.3. The molecule has 0 spiro atoms. The molecule has 0 aliphatic rings. The molecule has 3 aromatic heterocycles. The van der Waals surface area contributed by atoms with Gasteiger partial charge in [0.05, 0.1) is 17.9 Å². The van der Waals surface area contributed by atoms with E-state index in [0.717, 1.165) is 36.3 Å². The molecule has 6 nitrogen and oxygen atoms in total. The molecule has 0 radical (unpaired) electrons. The fourth-order valence-electron chi connectivity index (χ4n) is 2.89. The number of nitrogens with zero attached hydrogens (tertiary/aromatic N) is 5. The van der Waals surface area contributed by atoms with Crippen molar-refractivity contribution in [3.63, 3.8) is 0 Å². The highest BCUT2D eigenvalue weighted by Gasteiger charge is 2.13. The molecule has 1 atom stereocenters. The van der Waals surface area contributed by atoms with Gasteiger partial charge in [0, 0.05) is 36.4 Å². The minimum atomic E-state index is 0.155. The Morgan fingerprint density at radius 2 is 1.92 bits per heavy atom. The van der Waals surface area contributed by atoms with Gasteiger partial charge in [-0.15, -0.1) is 0 Å². The van der Waals surface area contributed by atoms with Gasteiger partial charge in [-0.3, -0.25) is 9.67 Å². The van der Waals surface area contributed by atoms with E-state index in [1.807, 2.05) is 41.5 Å². The summed E-state index contributed by atoms with van der Waals surface area (Å²) in [7, 11) is 0. The molecule has 0 aliphatic heterocycles. The summed E-state index contributed by atoms with van der Waals surface area (Å²) in [5.74, 6) is 0.629. The van der Waals surface area contributed by atoms with Crippen molar-refractivity contribution in [1.82, 2.24) is 24.7 Å². The summed E-state index contributed by atoms with van der Waals surface area (Å²) in [5.41, 5.74) is 4.25. The number of pyridine rings is 1. The highest BCUT2D eigenvalue weighted by Crippen LogP contribution is 2.24. The predicted molar refractivity (Wildman–Crippen MR) is 99.2 cm³/mol. The van der Waals surface area contributed by atoms with E-state index < -0.39 is 0 Å². The summed E-state index contributed by atoms with van der Waals surface area (Å²) < 4.78 is 2.02. The molecule has 0 bridgehead atoms. The van der Waals surface area contributed by atoms with Crippen molar-refractivity contribution in [2.45, 2.75) is 46.2 Å². The molecule has 1 N–H and O–H groups in total. The molecular formula is C19H24N6. The summed E-state index contributed by atoms with van der Waals surface area (Å²) in [5, 5.41) is 7.89. The van der Waals surface area contributed by atoms with E-state index in [1.165, 1.54) is 5.56 Å². The summed E-state index contributed by atoms with van der Waals surface area (Å²) in [6.07, 6.45) is 9.29. The zero-order valence-corrected chi connectivity index (χ0v) is 15.0. The van der Waals surface area contributed by atoms with Gasteiger partial charge in [-0.2, -0.15) is 5.10 Å². The molecule has 0 saturated carbocycles. The quantitative estimate of drug-likeness (QED) is 0.706. The third-order valence-electron chi connectivity index (χ3n) is 4.29. The molecule has 0 saturated heterocycles. The van der Waals surface area contributed by atoms with Crippen LogP contribution in [0.3, 0.4) is 0 Å². The number of nitrogens with one attached hydrogen (secondary N) is 1. The largest absolute Gasteiger partial charge is 0.347 e. The first-order valence-electron chi connectivity index (χ1n) is 8.75. The Bertz CT molecular complexity index is 812. The van der Waals surface area contributed by atoms with Gasteiger partial charge in [0.15, 0.2) is 0 Å². The Morgan fingerprint density at radius 1 is 1.12 bits per heavy atom. The summed E-state index contributed by atoms with van der Waals surface area (Å²) in [6.45, 7) is 7.29. The zero-order valence-electron chi connectivity index (χ0n) is 15.0. The molecule has 0 unspecified atom stereocenters. The first-order valence-corrected chi connectivity index (χ1v) is 8.75. The molecule has 3 rings (SSSR count). The van der Waals surface area contributed by atoms with Crippen LogP contribution in [0.4, 0.5) is 5.95 Å². The van der Waals surface area contributed by atoms with Crippen LogP contribution >= 0.6 is 0 Å². The van der Waals surface area contributed by atoms with Crippen LogP contribution in [0, 0.1) is 6.92 Å². The Kier molecular flexibility index (Phi) is 5.38. The van der Waals surface area contributed by atoms with E-state index in [-0.39, 0.29) is 6.04 Å². The molecule has 0 fully saturated rings. The lowest BCUT2D eigenvalue weighted by Gasteiger charge is -2.17. The molecule has 0 aromatic carbocycles. The van der Waals surface area contributed by atoms with Crippen LogP contribution in [0.2, 0.25) is 0 Å². The Labute approximate surface area is 148 Å². The van der Waals surface area contributed by atoms with Gasteiger partial charge < -0.3 is 5.32 Å². The van der Waals surface area contributed by atoms with Crippen LogP contribution in [-0.2, 0) is 6.54 Å². The predicted octanol–water partition coefficient (Wildman–Crippen LogP) is 4.02. The third kappa shape index (κ3) is 3.84. The van der Waals surface area contributed by atoms with Crippen molar-refractivity contribution in [2.24, 2.45) is 0 Å². The molecule has 3 heterocycles. The fraction of sp³-hybridized carbons (Fsp3) is 0.368. The number of rotatable bonds is 7. The number of aryl methyl sites for hydroxylation is 1. The lowest BCUT2D eigenvalue weighted by atomic mass is 10.1. The second-order valence-electron chi connectivity index (χ2n) is 6.02. The van der Waals surface area contributed by atoms with Crippen LogP contribution in [0.5, 0.6) is 0 Å². The van der Waals surface area contributed by atoms with Gasteiger partial charge in [0.25, 0.3) is 0 Å². The molecule has 3 aromatic rings. The maximum atomic E-state index is 4.70. The van der Waals surface area contributed by atoms with Crippen LogP contribution < -0.4 is 5.32 Å². The normalized spacial score (nSPS) is 12.1. The van der Waals surface area contributed by atoms with E-state index in [0.29, 0.717) is 5.95 Å². The van der Waals surface area contributed by atoms with Crippen molar-refractivity contribution in [1.29, 1.82) is 0 Å². The standard InChI is InChI=1S/C19H24N6/c1-4-12-25-14(3)16(13-22-25)18-8-11-21-19(24-18)23-17(5-2)15-6-9-20-10-7-15/h6-11,13,17H,4-5,12H2,1-3H3,(H,21,23,24)/t17-/m1/s1. The first kappa shape index (κ1) is 17.1. The van der Waals surface area contributed by atoms with Crippen molar-refractivity contribution in [3.8, 4) is 11.3 Å². The van der Waals surface area contributed by atoms with Gasteiger partial charge in [-0.25, -0.2) is 9.97 Å². The Balaban J connectivity index is 1.84. The average Bonchev–Trinajstić information content (AvgIpc) is 3.02. The monoisotopic (exact) mass is 336 g/mol. The average molecular weight is 336 g/mol. The van der Waals surface area contributed by atoms with E-state index in [9.17, 15) is 0 Å². The summed E-state index contributed by atoms with van der Waals surface area (Å²) in [4.78, 5) is 13.2. The van der Waals surface area contributed by atoms with E-state index in [4.69, 9.17) is 4.98 Å². The molecule has 0 amide bonds.